The van der Waals surface area contributed by atoms with Gasteiger partial charge in [-0.2, -0.15) is 11.8 Å². The third-order valence-electron chi connectivity index (χ3n) is 2.86. The summed E-state index contributed by atoms with van der Waals surface area (Å²) in [6.07, 6.45) is 2.42. The molecular formula is C14H23NO3S. The molecule has 0 spiro atoms. The van der Waals surface area contributed by atoms with Crippen LogP contribution in [0.3, 0.4) is 0 Å². The van der Waals surface area contributed by atoms with Gasteiger partial charge in [0, 0.05) is 0 Å². The number of carbonyl (C=O) groups excluding carboxylic acids is 1. The summed E-state index contributed by atoms with van der Waals surface area (Å²) in [5.41, 5.74) is -0.596. The fourth-order valence-corrected chi connectivity index (χ4v) is 2.85. The number of furan rings is 1. The Balaban J connectivity index is 2.38. The van der Waals surface area contributed by atoms with Crippen molar-refractivity contribution in [3.63, 3.8) is 0 Å². The summed E-state index contributed by atoms with van der Waals surface area (Å²) in [5, 5.41) is 3.23. The molecule has 1 aromatic heterocycles. The summed E-state index contributed by atoms with van der Waals surface area (Å²) in [4.78, 5) is 12.0. The molecule has 0 aliphatic carbocycles. The van der Waals surface area contributed by atoms with E-state index in [1.807, 2.05) is 32.9 Å². The Bertz CT molecular complexity index is 367. The van der Waals surface area contributed by atoms with E-state index >= 15 is 0 Å². The van der Waals surface area contributed by atoms with Gasteiger partial charge in [0.15, 0.2) is 0 Å². The molecule has 1 aromatic rings. The fourth-order valence-electron chi connectivity index (χ4n) is 1.79. The second-order valence-electron chi connectivity index (χ2n) is 4.46. The molecule has 1 heterocycles. The van der Waals surface area contributed by atoms with Crippen molar-refractivity contribution in [1.82, 2.24) is 5.32 Å². The molecule has 0 fully saturated rings. The average molecular weight is 285 g/mol. The molecule has 1 unspecified atom stereocenters. The topological polar surface area (TPSA) is 51.5 Å². The van der Waals surface area contributed by atoms with Crippen molar-refractivity contribution in [2.24, 2.45) is 0 Å². The maximum atomic E-state index is 12.0. The first-order valence-corrected chi connectivity index (χ1v) is 7.80. The van der Waals surface area contributed by atoms with Gasteiger partial charge in [0.1, 0.15) is 11.3 Å². The van der Waals surface area contributed by atoms with Crippen molar-refractivity contribution in [1.29, 1.82) is 0 Å². The third-order valence-corrected chi connectivity index (χ3v) is 3.85. The number of carbonyl (C=O) groups is 1. The maximum absolute atomic E-state index is 12.0. The predicted octanol–water partition coefficient (Wildman–Crippen LogP) is 2.83. The van der Waals surface area contributed by atoms with Gasteiger partial charge in [-0.05, 0) is 44.7 Å². The van der Waals surface area contributed by atoms with Crippen molar-refractivity contribution in [3.05, 3.63) is 24.2 Å². The number of nitrogens with one attached hydrogen (secondary N) is 1. The number of hydrogen-bond donors (Lipinski definition) is 1. The molecule has 0 bridgehead atoms. The molecule has 1 rings (SSSR count). The fraction of sp³-hybridized carbons (Fsp3) is 0.643. The van der Waals surface area contributed by atoms with Crippen molar-refractivity contribution < 1.29 is 13.9 Å². The van der Waals surface area contributed by atoms with Gasteiger partial charge >= 0.3 is 5.97 Å². The van der Waals surface area contributed by atoms with Crippen LogP contribution in [0.25, 0.3) is 0 Å². The van der Waals surface area contributed by atoms with Crippen LogP contribution in [0.4, 0.5) is 0 Å². The SMILES string of the molecule is CCNC(C)(CCSCc1ccco1)C(=O)OCC. The maximum Gasteiger partial charge on any atom is 0.326 e. The minimum atomic E-state index is -0.596. The third kappa shape index (κ3) is 5.28. The summed E-state index contributed by atoms with van der Waals surface area (Å²) in [6.45, 7) is 6.89. The van der Waals surface area contributed by atoms with E-state index in [0.717, 1.165) is 30.2 Å². The summed E-state index contributed by atoms with van der Waals surface area (Å²) in [7, 11) is 0. The van der Waals surface area contributed by atoms with Crippen LogP contribution in [-0.2, 0) is 15.3 Å². The zero-order valence-electron chi connectivity index (χ0n) is 11.9. The zero-order valence-corrected chi connectivity index (χ0v) is 12.7. The van der Waals surface area contributed by atoms with Gasteiger partial charge in [-0.15, -0.1) is 0 Å². The van der Waals surface area contributed by atoms with Gasteiger partial charge in [0.05, 0.1) is 18.6 Å². The van der Waals surface area contributed by atoms with Crippen molar-refractivity contribution in [3.8, 4) is 0 Å². The van der Waals surface area contributed by atoms with Crippen LogP contribution >= 0.6 is 11.8 Å². The van der Waals surface area contributed by atoms with E-state index in [2.05, 4.69) is 5.32 Å². The van der Waals surface area contributed by atoms with Gasteiger partial charge in [0.2, 0.25) is 0 Å². The second kappa shape index (κ2) is 8.27. The minimum Gasteiger partial charge on any atom is -0.468 e. The van der Waals surface area contributed by atoms with Gasteiger partial charge in [0.25, 0.3) is 0 Å². The lowest BCUT2D eigenvalue weighted by atomic mass is 9.99. The van der Waals surface area contributed by atoms with E-state index in [0.29, 0.717) is 6.61 Å². The molecule has 0 amide bonds. The molecule has 1 N–H and O–H groups in total. The molecule has 1 atom stereocenters. The number of thioether (sulfide) groups is 1. The number of likely N-dealkylation sites (N-methyl/N-ethyl adjacent to an activating group) is 1. The predicted molar refractivity (Wildman–Crippen MR) is 78.2 cm³/mol. The Labute approximate surface area is 119 Å². The number of hydrogen-bond acceptors (Lipinski definition) is 5. The Morgan fingerprint density at radius 1 is 1.53 bits per heavy atom. The summed E-state index contributed by atoms with van der Waals surface area (Å²) >= 11 is 1.76. The van der Waals surface area contributed by atoms with E-state index in [1.165, 1.54) is 0 Å². The Hall–Kier alpha value is -0.940. The Morgan fingerprint density at radius 3 is 2.89 bits per heavy atom. The lowest BCUT2D eigenvalue weighted by molar-refractivity contribution is -0.150. The molecule has 0 saturated heterocycles. The average Bonchev–Trinajstić information content (AvgIpc) is 2.88. The number of rotatable bonds is 9. The summed E-state index contributed by atoms with van der Waals surface area (Å²) in [6, 6.07) is 3.85. The van der Waals surface area contributed by atoms with Crippen LogP contribution < -0.4 is 5.32 Å². The van der Waals surface area contributed by atoms with Crippen LogP contribution in [0.1, 0.15) is 33.0 Å². The van der Waals surface area contributed by atoms with E-state index in [4.69, 9.17) is 9.15 Å². The largest absolute Gasteiger partial charge is 0.468 e. The monoisotopic (exact) mass is 285 g/mol. The van der Waals surface area contributed by atoms with Gasteiger partial charge in [-0.1, -0.05) is 6.92 Å². The Kier molecular flexibility index (Phi) is 7.02. The molecular weight excluding hydrogens is 262 g/mol. The van der Waals surface area contributed by atoms with Crippen molar-refractivity contribution >= 4 is 17.7 Å². The zero-order chi connectivity index (χ0) is 14.1. The molecule has 4 nitrogen and oxygen atoms in total. The second-order valence-corrected chi connectivity index (χ2v) is 5.57. The van der Waals surface area contributed by atoms with Gasteiger partial charge in [-0.3, -0.25) is 4.79 Å². The van der Waals surface area contributed by atoms with Crippen LogP contribution in [0.2, 0.25) is 0 Å². The van der Waals surface area contributed by atoms with Crippen LogP contribution in [0.5, 0.6) is 0 Å². The van der Waals surface area contributed by atoms with Crippen LogP contribution in [-0.4, -0.2) is 30.4 Å². The van der Waals surface area contributed by atoms with Crippen molar-refractivity contribution in [2.45, 2.75) is 38.5 Å². The highest BCUT2D eigenvalue weighted by molar-refractivity contribution is 7.98. The first kappa shape index (κ1) is 16.1. The minimum absolute atomic E-state index is 0.171. The molecule has 19 heavy (non-hydrogen) atoms. The molecule has 0 radical (unpaired) electrons. The highest BCUT2D eigenvalue weighted by Gasteiger charge is 2.33. The summed E-state index contributed by atoms with van der Waals surface area (Å²) in [5.74, 6) is 2.50. The molecule has 0 aliphatic rings. The highest BCUT2D eigenvalue weighted by atomic mass is 32.2. The first-order chi connectivity index (χ1) is 9.12. The standard InChI is InChI=1S/C14H23NO3S/c1-4-15-14(3,13(16)17-5-2)8-10-19-11-12-7-6-9-18-12/h6-7,9,15H,4-5,8,10-11H2,1-3H3. The molecule has 5 heteroatoms. The van der Waals surface area contributed by atoms with Gasteiger partial charge < -0.3 is 14.5 Å². The lowest BCUT2D eigenvalue weighted by Gasteiger charge is -2.27. The number of ether oxygens (including phenoxy) is 1. The molecule has 0 saturated carbocycles. The van der Waals surface area contributed by atoms with E-state index < -0.39 is 5.54 Å². The van der Waals surface area contributed by atoms with E-state index in [1.54, 1.807) is 18.0 Å². The Morgan fingerprint density at radius 2 is 2.32 bits per heavy atom. The highest BCUT2D eigenvalue weighted by Crippen LogP contribution is 2.19. The van der Waals surface area contributed by atoms with Crippen LogP contribution in [0, 0.1) is 0 Å². The first-order valence-electron chi connectivity index (χ1n) is 6.64. The van der Waals surface area contributed by atoms with E-state index in [-0.39, 0.29) is 5.97 Å². The lowest BCUT2D eigenvalue weighted by Crippen LogP contribution is -2.50. The molecule has 0 aliphatic heterocycles. The molecule has 0 aromatic carbocycles. The smallest absolute Gasteiger partial charge is 0.326 e. The van der Waals surface area contributed by atoms with E-state index in [9.17, 15) is 4.79 Å². The van der Waals surface area contributed by atoms with Crippen molar-refractivity contribution in [2.75, 3.05) is 18.9 Å². The van der Waals surface area contributed by atoms with Crippen LogP contribution in [0.15, 0.2) is 22.8 Å². The molecule has 108 valence electrons. The van der Waals surface area contributed by atoms with Gasteiger partial charge in [-0.25, -0.2) is 0 Å². The number of esters is 1. The quantitative estimate of drug-likeness (QED) is 0.558. The normalized spacial score (nSPS) is 14.1. The summed E-state index contributed by atoms with van der Waals surface area (Å²) < 4.78 is 10.4.